The Morgan fingerprint density at radius 2 is 1.88 bits per heavy atom. The van der Waals surface area contributed by atoms with Crippen molar-refractivity contribution in [3.05, 3.63) is 77.4 Å². The zero-order chi connectivity index (χ0) is 33.1. The maximum absolute atomic E-state index is 12.1. The predicted octanol–water partition coefficient (Wildman–Crippen LogP) is 5.37. The lowest BCUT2D eigenvalue weighted by atomic mass is 9.78. The number of anilines is 3. The van der Waals surface area contributed by atoms with Gasteiger partial charge in [-0.15, -0.1) is 0 Å². The first kappa shape index (κ1) is 31.6. The number of rotatable bonds is 8. The van der Waals surface area contributed by atoms with Crippen molar-refractivity contribution in [2.24, 2.45) is 18.2 Å². The largest absolute Gasteiger partial charge is 0.381 e. The van der Waals surface area contributed by atoms with Gasteiger partial charge in [0.2, 0.25) is 5.95 Å². The third-order valence-electron chi connectivity index (χ3n) is 10.4. The molecule has 0 atom stereocenters. The predicted molar refractivity (Wildman–Crippen MR) is 184 cm³/mol. The first-order valence-corrected chi connectivity index (χ1v) is 16.9. The fourth-order valence-electron chi connectivity index (χ4n) is 7.82. The van der Waals surface area contributed by atoms with E-state index in [0.29, 0.717) is 23.8 Å². The topological polar surface area (TPSA) is 160 Å². The van der Waals surface area contributed by atoms with Gasteiger partial charge in [-0.25, -0.2) is 14.8 Å². The van der Waals surface area contributed by atoms with E-state index < -0.39 is 6.03 Å². The van der Waals surface area contributed by atoms with Crippen LogP contribution in [-0.4, -0.2) is 63.1 Å². The fraction of sp³-hybridized carbons (Fsp3) is 0.444. The van der Waals surface area contributed by atoms with Crippen molar-refractivity contribution in [2.45, 2.75) is 63.3 Å². The van der Waals surface area contributed by atoms with Crippen LogP contribution < -0.4 is 21.3 Å². The molecule has 2 amide bonds. The molecule has 12 nitrogen and oxygen atoms in total. The third-order valence-corrected chi connectivity index (χ3v) is 10.4. The molecule has 1 saturated carbocycles. The molecule has 7 rings (SSSR count). The summed E-state index contributed by atoms with van der Waals surface area (Å²) >= 11 is 0. The molecule has 3 aliphatic rings. The summed E-state index contributed by atoms with van der Waals surface area (Å²) in [6.45, 7) is 3.38. The number of ether oxygens (including phenoxy) is 1. The number of nitrogens with one attached hydrogen (secondary N) is 2. The second kappa shape index (κ2) is 13.6. The number of nitrogens with two attached hydrogens (primary N) is 1. The van der Waals surface area contributed by atoms with Gasteiger partial charge in [-0.1, -0.05) is 30.3 Å². The van der Waals surface area contributed by atoms with Crippen LogP contribution in [0.5, 0.6) is 0 Å². The lowest BCUT2D eigenvalue weighted by Gasteiger charge is -2.33. The van der Waals surface area contributed by atoms with Crippen LogP contribution >= 0.6 is 0 Å². The molecule has 1 spiro atoms. The van der Waals surface area contributed by atoms with Crippen LogP contribution in [0, 0.1) is 16.7 Å². The maximum Gasteiger partial charge on any atom is 0.317 e. The Morgan fingerprint density at radius 1 is 1.08 bits per heavy atom. The second-order valence-electron chi connectivity index (χ2n) is 13.5. The summed E-state index contributed by atoms with van der Waals surface area (Å²) in [6.07, 6.45) is 14.7. The highest BCUT2D eigenvalue weighted by molar-refractivity contribution is 5.88. The lowest BCUT2D eigenvalue weighted by molar-refractivity contribution is 0.0254. The van der Waals surface area contributed by atoms with Gasteiger partial charge in [-0.3, -0.25) is 10.00 Å². The van der Waals surface area contributed by atoms with Crippen LogP contribution in [-0.2, 0) is 18.2 Å². The van der Waals surface area contributed by atoms with Crippen molar-refractivity contribution in [3.63, 3.8) is 0 Å². The van der Waals surface area contributed by atoms with Crippen molar-refractivity contribution < 1.29 is 9.53 Å². The molecule has 1 aromatic carbocycles. The molecule has 48 heavy (non-hydrogen) atoms. The molecule has 248 valence electrons. The van der Waals surface area contributed by atoms with Crippen molar-refractivity contribution in [1.29, 1.82) is 5.26 Å². The molecule has 4 N–H and O–H groups in total. The highest BCUT2D eigenvalue weighted by Crippen LogP contribution is 2.43. The quantitative estimate of drug-likeness (QED) is 0.229. The van der Waals surface area contributed by atoms with E-state index in [1.54, 1.807) is 10.9 Å². The molecule has 3 aromatic heterocycles. The summed E-state index contributed by atoms with van der Waals surface area (Å²) in [5.74, 6) is 1.95. The highest BCUT2D eigenvalue weighted by atomic mass is 16.5. The molecule has 2 aliphatic heterocycles. The number of benzene rings is 1. The minimum absolute atomic E-state index is 0.158. The molecular formula is C36H42N10O2. The molecule has 4 aromatic rings. The third kappa shape index (κ3) is 6.69. The molecule has 0 radical (unpaired) electrons. The molecular weight excluding hydrogens is 604 g/mol. The number of pyridine rings is 1. The van der Waals surface area contributed by atoms with Gasteiger partial charge in [-0.05, 0) is 73.8 Å². The van der Waals surface area contributed by atoms with Crippen LogP contribution in [0.25, 0.3) is 11.1 Å². The van der Waals surface area contributed by atoms with Gasteiger partial charge in [0, 0.05) is 68.5 Å². The monoisotopic (exact) mass is 646 g/mol. The van der Waals surface area contributed by atoms with Crippen molar-refractivity contribution in [1.82, 2.24) is 24.7 Å². The highest BCUT2D eigenvalue weighted by Gasteiger charge is 2.40. The number of carbonyl (C=O) groups is 1. The number of amides is 2. The number of nitriles is 1. The Morgan fingerprint density at radius 3 is 2.58 bits per heavy atom. The molecule has 3 fully saturated rings. The van der Waals surface area contributed by atoms with Gasteiger partial charge in [0.05, 0.1) is 12.4 Å². The Bertz CT molecular complexity index is 1800. The smallest absolute Gasteiger partial charge is 0.317 e. The zero-order valence-electron chi connectivity index (χ0n) is 27.4. The van der Waals surface area contributed by atoms with Crippen LogP contribution in [0.3, 0.4) is 0 Å². The van der Waals surface area contributed by atoms with E-state index in [1.807, 2.05) is 43.8 Å². The normalized spacial score (nSPS) is 20.4. The number of hydrogen-bond donors (Lipinski definition) is 3. The summed E-state index contributed by atoms with van der Waals surface area (Å²) in [7, 11) is 1.90. The Kier molecular flexibility index (Phi) is 8.95. The van der Waals surface area contributed by atoms with E-state index in [4.69, 9.17) is 20.4 Å². The van der Waals surface area contributed by atoms with Crippen molar-refractivity contribution in [3.8, 4) is 17.2 Å². The minimum Gasteiger partial charge on any atom is -0.381 e. The molecule has 0 bridgehead atoms. The van der Waals surface area contributed by atoms with E-state index in [9.17, 15) is 10.1 Å². The van der Waals surface area contributed by atoms with Crippen molar-refractivity contribution >= 4 is 23.6 Å². The average molecular weight is 647 g/mol. The summed E-state index contributed by atoms with van der Waals surface area (Å²) in [6, 6.07) is 12.2. The van der Waals surface area contributed by atoms with E-state index in [0.717, 1.165) is 99.3 Å². The number of nitrogens with zero attached hydrogens (tertiary/aromatic N) is 7. The van der Waals surface area contributed by atoms with Gasteiger partial charge in [0.1, 0.15) is 17.5 Å². The molecule has 1 aliphatic carbocycles. The van der Waals surface area contributed by atoms with Crippen LogP contribution in [0.1, 0.15) is 73.1 Å². The Labute approximate surface area is 280 Å². The number of primary amides is 1. The van der Waals surface area contributed by atoms with Gasteiger partial charge < -0.3 is 20.7 Å². The minimum atomic E-state index is -0.631. The number of aromatic nitrogens is 5. The molecule has 0 unspecified atom stereocenters. The van der Waals surface area contributed by atoms with Crippen LogP contribution in [0.4, 0.5) is 22.4 Å². The van der Waals surface area contributed by atoms with Gasteiger partial charge >= 0.3 is 6.03 Å². The molecule has 2 saturated heterocycles. The van der Waals surface area contributed by atoms with Crippen molar-refractivity contribution in [2.75, 3.05) is 41.8 Å². The first-order chi connectivity index (χ1) is 23.4. The fourth-order valence-corrected chi connectivity index (χ4v) is 7.82. The van der Waals surface area contributed by atoms with Crippen LogP contribution in [0.15, 0.2) is 55.1 Å². The summed E-state index contributed by atoms with van der Waals surface area (Å²) in [4.78, 5) is 28.6. The van der Waals surface area contributed by atoms with E-state index >= 15 is 0 Å². The summed E-state index contributed by atoms with van der Waals surface area (Å²) in [5, 5.41) is 20.7. The van der Waals surface area contributed by atoms with Gasteiger partial charge in [0.15, 0.2) is 5.82 Å². The lowest BCUT2D eigenvalue weighted by Crippen LogP contribution is -2.33. The standard InChI is InChI=1S/C36H42N10O2/c1-45-22-27(20-41-45)30-21-39-32(43-34(38)47)31(29(30)17-24-5-3-2-4-6-24)25-7-9-28(10-8-25)42-35-40-19-26(18-37)33(44-35)46-14-11-36(23-46)12-15-48-16-13-36/h2-6,19-22,25,28H,7-17,23H2,1H3,(H,40,42,44)(H3,38,39,43,47). The number of hydrogen-bond acceptors (Lipinski definition) is 9. The van der Waals surface area contributed by atoms with E-state index in [2.05, 4.69) is 43.8 Å². The zero-order valence-corrected chi connectivity index (χ0v) is 27.4. The molecule has 5 heterocycles. The average Bonchev–Trinajstić information content (AvgIpc) is 3.72. The van der Waals surface area contributed by atoms with E-state index in [1.165, 1.54) is 5.56 Å². The number of aryl methyl sites for hydroxylation is 1. The van der Waals surface area contributed by atoms with Gasteiger partial charge in [0.25, 0.3) is 0 Å². The molecule has 12 heteroatoms. The Balaban J connectivity index is 1.12. The first-order valence-electron chi connectivity index (χ1n) is 16.9. The second-order valence-corrected chi connectivity index (χ2v) is 13.5. The van der Waals surface area contributed by atoms with E-state index in [-0.39, 0.29) is 17.4 Å². The SMILES string of the molecule is Cn1cc(-c2cnc(NC(N)=O)c(C3CCC(Nc4ncc(C#N)c(N5CCC6(CCOCC6)C5)n4)CC3)c2Cc2ccccc2)cn1. The maximum atomic E-state index is 12.1. The number of carbonyl (C=O) groups excluding carboxylic acids is 1. The van der Waals surface area contributed by atoms with Gasteiger partial charge in [-0.2, -0.15) is 15.3 Å². The summed E-state index contributed by atoms with van der Waals surface area (Å²) < 4.78 is 7.42. The number of urea groups is 1. The van der Waals surface area contributed by atoms with Crippen LogP contribution in [0.2, 0.25) is 0 Å². The summed E-state index contributed by atoms with van der Waals surface area (Å²) in [5.41, 5.74) is 11.7. The Hall–Kier alpha value is -5.02.